The third kappa shape index (κ3) is 2.80. The molecule has 4 nitrogen and oxygen atoms in total. The molecule has 4 heteroatoms. The van der Waals surface area contributed by atoms with Crippen LogP contribution in [0.15, 0.2) is 28.8 Å². The van der Waals surface area contributed by atoms with Crippen LogP contribution in [0.5, 0.6) is 0 Å². The highest BCUT2D eigenvalue weighted by atomic mass is 16.5. The summed E-state index contributed by atoms with van der Waals surface area (Å²) in [6, 6.07) is 1.54. The lowest BCUT2D eigenvalue weighted by Crippen LogP contribution is -2.09. The maximum Gasteiger partial charge on any atom is 0.287 e. The second-order valence-corrected chi connectivity index (χ2v) is 3.00. The first-order chi connectivity index (χ1) is 7.19. The van der Waals surface area contributed by atoms with E-state index in [9.17, 15) is 4.79 Å². The standard InChI is InChI=1S/C11H14N2O2/c1-3-5-6-8(4-2)9-7-10(11(12)14)15-13-9/h4-7H,3H2,1-2H3,(H2,12,14)/b6-5-,8-4+. The second kappa shape index (κ2) is 5.14. The Kier molecular flexibility index (Phi) is 3.85. The third-order valence-corrected chi connectivity index (χ3v) is 1.89. The summed E-state index contributed by atoms with van der Waals surface area (Å²) in [6.07, 6.45) is 6.78. The lowest BCUT2D eigenvalue weighted by atomic mass is 10.1. The van der Waals surface area contributed by atoms with Crippen molar-refractivity contribution in [1.29, 1.82) is 0 Å². The SMILES string of the molecule is C/C=C(\C=C/CC)c1cc(C(N)=O)on1. The fourth-order valence-corrected chi connectivity index (χ4v) is 1.10. The highest BCUT2D eigenvalue weighted by molar-refractivity contribution is 5.90. The van der Waals surface area contributed by atoms with Crippen molar-refractivity contribution in [3.05, 3.63) is 35.7 Å². The van der Waals surface area contributed by atoms with E-state index in [4.69, 9.17) is 10.3 Å². The van der Waals surface area contributed by atoms with Crippen LogP contribution in [0.25, 0.3) is 5.57 Å². The van der Waals surface area contributed by atoms with Crippen molar-refractivity contribution in [3.63, 3.8) is 0 Å². The van der Waals surface area contributed by atoms with Crippen LogP contribution in [0.1, 0.15) is 36.5 Å². The van der Waals surface area contributed by atoms with Gasteiger partial charge >= 0.3 is 0 Å². The zero-order valence-corrected chi connectivity index (χ0v) is 8.86. The molecule has 0 bridgehead atoms. The lowest BCUT2D eigenvalue weighted by Gasteiger charge is -1.92. The van der Waals surface area contributed by atoms with E-state index in [1.165, 1.54) is 6.07 Å². The topological polar surface area (TPSA) is 69.1 Å². The molecule has 0 aromatic carbocycles. The average Bonchev–Trinajstić information content (AvgIpc) is 2.68. The molecule has 1 aromatic heterocycles. The van der Waals surface area contributed by atoms with Gasteiger partial charge in [-0.25, -0.2) is 0 Å². The zero-order valence-electron chi connectivity index (χ0n) is 8.86. The summed E-state index contributed by atoms with van der Waals surface area (Å²) in [4.78, 5) is 10.8. The number of carbonyl (C=O) groups is 1. The second-order valence-electron chi connectivity index (χ2n) is 3.00. The molecule has 0 fully saturated rings. The van der Waals surface area contributed by atoms with Crippen LogP contribution in [-0.2, 0) is 0 Å². The van der Waals surface area contributed by atoms with Gasteiger partial charge in [0.2, 0.25) is 5.76 Å². The molecule has 15 heavy (non-hydrogen) atoms. The number of primary amides is 1. The molecule has 2 N–H and O–H groups in total. The molecule has 0 saturated carbocycles. The van der Waals surface area contributed by atoms with E-state index >= 15 is 0 Å². The minimum atomic E-state index is -0.608. The minimum Gasteiger partial charge on any atom is -0.363 e. The lowest BCUT2D eigenvalue weighted by molar-refractivity contribution is 0.0965. The van der Waals surface area contributed by atoms with Crippen LogP contribution >= 0.6 is 0 Å². The molecule has 80 valence electrons. The molecule has 1 amide bonds. The smallest absolute Gasteiger partial charge is 0.287 e. The van der Waals surface area contributed by atoms with Gasteiger partial charge in [0.25, 0.3) is 5.91 Å². The van der Waals surface area contributed by atoms with Gasteiger partial charge in [-0.15, -0.1) is 0 Å². The Labute approximate surface area is 88.4 Å². The monoisotopic (exact) mass is 206 g/mol. The number of hydrogen-bond donors (Lipinski definition) is 1. The zero-order chi connectivity index (χ0) is 11.3. The molecular weight excluding hydrogens is 192 g/mol. The Morgan fingerprint density at radius 3 is 2.87 bits per heavy atom. The van der Waals surface area contributed by atoms with E-state index in [0.29, 0.717) is 5.69 Å². The molecule has 0 spiro atoms. The summed E-state index contributed by atoms with van der Waals surface area (Å²) in [5, 5.41) is 3.77. The number of nitrogens with zero attached hydrogens (tertiary/aromatic N) is 1. The van der Waals surface area contributed by atoms with E-state index < -0.39 is 5.91 Å². The van der Waals surface area contributed by atoms with Crippen LogP contribution in [0.2, 0.25) is 0 Å². The number of allylic oxidation sites excluding steroid dienone is 4. The molecular formula is C11H14N2O2. The van der Waals surface area contributed by atoms with E-state index in [1.807, 2.05) is 32.1 Å². The predicted molar refractivity (Wildman–Crippen MR) is 58.1 cm³/mol. The van der Waals surface area contributed by atoms with E-state index in [-0.39, 0.29) is 5.76 Å². The van der Waals surface area contributed by atoms with Crippen LogP contribution in [-0.4, -0.2) is 11.1 Å². The van der Waals surface area contributed by atoms with Gasteiger partial charge < -0.3 is 10.3 Å². The fourth-order valence-electron chi connectivity index (χ4n) is 1.10. The van der Waals surface area contributed by atoms with Gasteiger partial charge in [-0.2, -0.15) is 0 Å². The molecule has 1 heterocycles. The van der Waals surface area contributed by atoms with Gasteiger partial charge in [-0.05, 0) is 18.9 Å². The Bertz CT molecular complexity index is 402. The van der Waals surface area contributed by atoms with Crippen LogP contribution in [0.3, 0.4) is 0 Å². The van der Waals surface area contributed by atoms with Gasteiger partial charge in [0.15, 0.2) is 0 Å². The summed E-state index contributed by atoms with van der Waals surface area (Å²) < 4.78 is 4.79. The van der Waals surface area contributed by atoms with Gasteiger partial charge in [-0.3, -0.25) is 4.79 Å². The number of carbonyl (C=O) groups excluding carboxylic acids is 1. The molecule has 0 aliphatic carbocycles. The van der Waals surface area contributed by atoms with Crippen molar-refractivity contribution in [3.8, 4) is 0 Å². The molecule has 0 saturated heterocycles. The first-order valence-electron chi connectivity index (χ1n) is 4.78. The first kappa shape index (κ1) is 11.2. The molecule has 1 rings (SSSR count). The summed E-state index contributed by atoms with van der Waals surface area (Å²) >= 11 is 0. The van der Waals surface area contributed by atoms with Crippen molar-refractivity contribution in [1.82, 2.24) is 5.16 Å². The number of rotatable bonds is 4. The Morgan fingerprint density at radius 2 is 2.40 bits per heavy atom. The fraction of sp³-hybridized carbons (Fsp3) is 0.273. The summed E-state index contributed by atoms with van der Waals surface area (Å²) in [5.41, 5.74) is 6.59. The van der Waals surface area contributed by atoms with Crippen molar-refractivity contribution < 1.29 is 9.32 Å². The van der Waals surface area contributed by atoms with Crippen LogP contribution in [0, 0.1) is 0 Å². The van der Waals surface area contributed by atoms with Gasteiger partial charge in [0.05, 0.1) is 0 Å². The molecule has 0 aliphatic heterocycles. The largest absolute Gasteiger partial charge is 0.363 e. The maximum absolute atomic E-state index is 10.8. The van der Waals surface area contributed by atoms with Crippen molar-refractivity contribution in [2.45, 2.75) is 20.3 Å². The van der Waals surface area contributed by atoms with E-state index in [2.05, 4.69) is 5.16 Å². The minimum absolute atomic E-state index is 0.0780. The normalized spacial score (nSPS) is 12.3. The predicted octanol–water partition coefficient (Wildman–Crippen LogP) is 2.14. The Hall–Kier alpha value is -1.84. The Morgan fingerprint density at radius 1 is 1.67 bits per heavy atom. The molecule has 0 aliphatic rings. The molecule has 0 atom stereocenters. The van der Waals surface area contributed by atoms with Crippen molar-refractivity contribution in [2.75, 3.05) is 0 Å². The number of hydrogen-bond acceptors (Lipinski definition) is 3. The van der Waals surface area contributed by atoms with Gasteiger partial charge in [0, 0.05) is 6.07 Å². The van der Waals surface area contributed by atoms with Crippen LogP contribution in [0.4, 0.5) is 0 Å². The van der Waals surface area contributed by atoms with Gasteiger partial charge in [-0.1, -0.05) is 30.3 Å². The molecule has 0 radical (unpaired) electrons. The molecule has 0 unspecified atom stereocenters. The summed E-state index contributed by atoms with van der Waals surface area (Å²) in [7, 11) is 0. The van der Waals surface area contributed by atoms with Crippen molar-refractivity contribution >= 4 is 11.5 Å². The summed E-state index contributed by atoms with van der Waals surface area (Å²) in [5.74, 6) is -0.530. The first-order valence-corrected chi connectivity index (χ1v) is 4.78. The maximum atomic E-state index is 10.8. The highest BCUT2D eigenvalue weighted by Crippen LogP contribution is 2.15. The summed E-state index contributed by atoms with van der Waals surface area (Å²) in [6.45, 7) is 3.94. The van der Waals surface area contributed by atoms with Crippen molar-refractivity contribution in [2.24, 2.45) is 5.73 Å². The van der Waals surface area contributed by atoms with E-state index in [0.717, 1.165) is 12.0 Å². The quantitative estimate of drug-likeness (QED) is 0.767. The van der Waals surface area contributed by atoms with Crippen LogP contribution < -0.4 is 5.73 Å². The number of nitrogens with two attached hydrogens (primary N) is 1. The average molecular weight is 206 g/mol. The Balaban J connectivity index is 2.94. The van der Waals surface area contributed by atoms with E-state index in [1.54, 1.807) is 0 Å². The number of aromatic nitrogens is 1. The highest BCUT2D eigenvalue weighted by Gasteiger charge is 2.10. The number of amides is 1. The van der Waals surface area contributed by atoms with Gasteiger partial charge in [0.1, 0.15) is 5.69 Å². The third-order valence-electron chi connectivity index (χ3n) is 1.89. The molecule has 1 aromatic rings.